The molecule has 1 aromatic rings. The molecule has 126 valence electrons. The Hall–Kier alpha value is -1.79. The maximum atomic E-state index is 11.0. The van der Waals surface area contributed by atoms with Crippen LogP contribution in [-0.4, -0.2) is 42.2 Å². The number of carboxylic acids is 1. The lowest BCUT2D eigenvalue weighted by Gasteiger charge is -2.17. The van der Waals surface area contributed by atoms with Gasteiger partial charge in [0.25, 0.3) is 0 Å². The molecule has 0 aromatic heterocycles. The lowest BCUT2D eigenvalue weighted by molar-refractivity contribution is -0.144. The van der Waals surface area contributed by atoms with Gasteiger partial charge < -0.3 is 19.4 Å². The Bertz CT molecular complexity index is 590. The number of nitrogens with zero attached hydrogens (tertiary/aromatic N) is 1. The number of halogens is 1. The Labute approximate surface area is 140 Å². The highest BCUT2D eigenvalue weighted by atomic mass is 35.5. The third-order valence-corrected chi connectivity index (χ3v) is 3.61. The van der Waals surface area contributed by atoms with Crippen molar-refractivity contribution in [3.63, 3.8) is 0 Å². The smallest absolute Gasteiger partial charge is 0.344 e. The van der Waals surface area contributed by atoms with Crippen molar-refractivity contribution < 1.29 is 24.2 Å². The minimum Gasteiger partial charge on any atom is -0.479 e. The Morgan fingerprint density at radius 1 is 1.57 bits per heavy atom. The van der Waals surface area contributed by atoms with Gasteiger partial charge in [-0.15, -0.1) is 0 Å². The Kier molecular flexibility index (Phi) is 6.24. The third-order valence-electron chi connectivity index (χ3n) is 3.38. The van der Waals surface area contributed by atoms with E-state index < -0.39 is 12.1 Å². The van der Waals surface area contributed by atoms with Crippen molar-refractivity contribution in [2.75, 3.05) is 13.2 Å². The number of carbonyl (C=O) groups is 1. The van der Waals surface area contributed by atoms with Crippen LogP contribution < -0.4 is 4.74 Å². The summed E-state index contributed by atoms with van der Waals surface area (Å²) in [5.41, 5.74) is 1.15. The fraction of sp³-hybridized carbons (Fsp3) is 0.500. The summed E-state index contributed by atoms with van der Waals surface area (Å²) in [6.07, 6.45) is 0.667. The summed E-state index contributed by atoms with van der Waals surface area (Å²) >= 11 is 6.06. The topological polar surface area (TPSA) is 77.3 Å². The van der Waals surface area contributed by atoms with Crippen molar-refractivity contribution in [1.29, 1.82) is 0 Å². The maximum absolute atomic E-state index is 11.0. The molecule has 0 saturated heterocycles. The molecule has 23 heavy (non-hydrogen) atoms. The van der Waals surface area contributed by atoms with E-state index in [-0.39, 0.29) is 6.10 Å². The van der Waals surface area contributed by atoms with Crippen LogP contribution in [0.2, 0.25) is 5.02 Å². The average Bonchev–Trinajstić information content (AvgIpc) is 2.97. The van der Waals surface area contributed by atoms with Gasteiger partial charge in [0.2, 0.25) is 0 Å². The van der Waals surface area contributed by atoms with E-state index >= 15 is 0 Å². The van der Waals surface area contributed by atoms with Gasteiger partial charge in [-0.3, -0.25) is 0 Å². The predicted molar refractivity (Wildman–Crippen MR) is 86.3 cm³/mol. The molecule has 0 fully saturated rings. The molecule has 0 amide bonds. The van der Waals surface area contributed by atoms with E-state index in [1.807, 2.05) is 0 Å². The van der Waals surface area contributed by atoms with Crippen LogP contribution in [0.4, 0.5) is 0 Å². The molecule has 1 aliphatic rings. The van der Waals surface area contributed by atoms with Crippen molar-refractivity contribution in [1.82, 2.24) is 0 Å². The van der Waals surface area contributed by atoms with Gasteiger partial charge in [-0.1, -0.05) is 30.1 Å². The van der Waals surface area contributed by atoms with Crippen LogP contribution in [0.25, 0.3) is 0 Å². The summed E-state index contributed by atoms with van der Waals surface area (Å²) in [4.78, 5) is 16.2. The zero-order valence-corrected chi connectivity index (χ0v) is 13.9. The third kappa shape index (κ3) is 4.59. The zero-order chi connectivity index (χ0) is 16.8. The van der Waals surface area contributed by atoms with Crippen LogP contribution in [0, 0.1) is 0 Å². The number of hydrogen-bond donors (Lipinski definition) is 1. The van der Waals surface area contributed by atoms with E-state index in [0.29, 0.717) is 35.3 Å². The summed E-state index contributed by atoms with van der Waals surface area (Å²) in [6.45, 7) is 4.47. The van der Waals surface area contributed by atoms with Gasteiger partial charge in [0.15, 0.2) is 6.10 Å². The largest absolute Gasteiger partial charge is 0.479 e. The van der Waals surface area contributed by atoms with Crippen molar-refractivity contribution in [2.45, 2.75) is 38.9 Å². The molecule has 0 spiro atoms. The average molecular weight is 342 g/mol. The lowest BCUT2D eigenvalue weighted by atomic mass is 10.0. The number of hydrogen-bond acceptors (Lipinski definition) is 5. The van der Waals surface area contributed by atoms with Crippen LogP contribution in [0.5, 0.6) is 5.75 Å². The number of rotatable bonds is 8. The highest BCUT2D eigenvalue weighted by Gasteiger charge is 2.29. The fourth-order valence-electron chi connectivity index (χ4n) is 2.08. The molecule has 1 N–H and O–H groups in total. The van der Waals surface area contributed by atoms with Gasteiger partial charge in [0.1, 0.15) is 24.2 Å². The van der Waals surface area contributed by atoms with Crippen LogP contribution in [0.1, 0.15) is 32.3 Å². The van der Waals surface area contributed by atoms with Crippen LogP contribution in [0.3, 0.4) is 0 Å². The molecule has 0 saturated carbocycles. The molecule has 0 aliphatic carbocycles. The summed E-state index contributed by atoms with van der Waals surface area (Å²) in [6, 6.07) is 4.94. The van der Waals surface area contributed by atoms with Crippen molar-refractivity contribution in [3.05, 3.63) is 28.8 Å². The molecule has 0 bridgehead atoms. The summed E-state index contributed by atoms with van der Waals surface area (Å²) in [7, 11) is 0. The van der Waals surface area contributed by atoms with Crippen LogP contribution in [0.15, 0.2) is 23.4 Å². The highest BCUT2D eigenvalue weighted by molar-refractivity contribution is 6.31. The van der Waals surface area contributed by atoms with Gasteiger partial charge in [-0.25, -0.2) is 4.79 Å². The maximum Gasteiger partial charge on any atom is 0.344 e. The van der Waals surface area contributed by atoms with Gasteiger partial charge in [0, 0.05) is 17.2 Å². The number of unbranched alkanes of at least 4 members (excludes halogenated alkanes) is 1. The van der Waals surface area contributed by atoms with Gasteiger partial charge in [-0.2, -0.15) is 0 Å². The number of carboxylic acid groups (broad SMARTS) is 1. The second-order valence-electron chi connectivity index (χ2n) is 5.22. The second-order valence-corrected chi connectivity index (χ2v) is 5.66. The minimum absolute atomic E-state index is 0.317. The molecule has 2 rings (SSSR count). The Balaban J connectivity index is 2.22. The van der Waals surface area contributed by atoms with E-state index in [9.17, 15) is 4.79 Å². The normalized spacial score (nSPS) is 18.2. The Morgan fingerprint density at radius 3 is 3.04 bits per heavy atom. The molecular weight excluding hydrogens is 322 g/mol. The van der Waals surface area contributed by atoms with E-state index in [1.165, 1.54) is 6.92 Å². The minimum atomic E-state index is -1.05. The van der Waals surface area contributed by atoms with Crippen molar-refractivity contribution >= 4 is 23.3 Å². The number of aliphatic carboxylic acids is 1. The molecule has 0 radical (unpaired) electrons. The van der Waals surface area contributed by atoms with E-state index in [2.05, 4.69) is 12.1 Å². The number of ether oxygens (including phenoxy) is 2. The molecule has 7 heteroatoms. The van der Waals surface area contributed by atoms with E-state index in [4.69, 9.17) is 31.0 Å². The first-order valence-electron chi connectivity index (χ1n) is 7.53. The summed E-state index contributed by atoms with van der Waals surface area (Å²) < 4.78 is 11.3. The Morgan fingerprint density at radius 2 is 2.35 bits per heavy atom. The first kappa shape index (κ1) is 17.6. The summed E-state index contributed by atoms with van der Waals surface area (Å²) in [5.74, 6) is -0.663. The number of oxime groups is 1. The van der Waals surface area contributed by atoms with Gasteiger partial charge in [-0.05, 0) is 31.5 Å². The zero-order valence-electron chi connectivity index (χ0n) is 13.1. The molecule has 1 heterocycles. The van der Waals surface area contributed by atoms with Crippen molar-refractivity contribution in [2.24, 2.45) is 5.16 Å². The molecule has 1 aromatic carbocycles. The first-order chi connectivity index (χ1) is 11.0. The molecule has 1 unspecified atom stereocenters. The fourth-order valence-corrected chi connectivity index (χ4v) is 2.25. The molecule has 6 nitrogen and oxygen atoms in total. The van der Waals surface area contributed by atoms with Gasteiger partial charge in [0.05, 0.1) is 0 Å². The second kappa shape index (κ2) is 8.17. The lowest BCUT2D eigenvalue weighted by Crippen LogP contribution is -2.27. The van der Waals surface area contributed by atoms with Crippen molar-refractivity contribution in [3.8, 4) is 5.75 Å². The number of benzene rings is 1. The van der Waals surface area contributed by atoms with Crippen LogP contribution >= 0.6 is 11.6 Å². The molecular formula is C16H20ClNO5. The first-order valence-corrected chi connectivity index (χ1v) is 7.91. The standard InChI is InChI=1S/C16H20ClNO5/c1-3-4-7-21-14-9-22-18-15(14)12-8-11(17)5-6-13(12)23-10(2)16(19)20/h5-6,8,10,14H,3-4,7,9H2,1-2H3,(H,19,20)/t10-,14?/m0/s1. The van der Waals surface area contributed by atoms with Gasteiger partial charge >= 0.3 is 5.97 Å². The van der Waals surface area contributed by atoms with Crippen LogP contribution in [-0.2, 0) is 14.4 Å². The highest BCUT2D eigenvalue weighted by Crippen LogP contribution is 2.28. The predicted octanol–water partition coefficient (Wildman–Crippen LogP) is 3.11. The molecule has 2 atom stereocenters. The van der Waals surface area contributed by atoms with E-state index in [1.54, 1.807) is 18.2 Å². The quantitative estimate of drug-likeness (QED) is 0.735. The van der Waals surface area contributed by atoms with E-state index in [0.717, 1.165) is 12.8 Å². The molecule has 1 aliphatic heterocycles. The SMILES string of the molecule is CCCCOC1CON=C1c1cc(Cl)ccc1O[C@@H](C)C(=O)O. The summed E-state index contributed by atoms with van der Waals surface area (Å²) in [5, 5.41) is 13.5. The monoisotopic (exact) mass is 341 g/mol.